The summed E-state index contributed by atoms with van der Waals surface area (Å²) in [4.78, 5) is 50.9. The molecule has 0 aliphatic carbocycles. The Labute approximate surface area is 173 Å². The molecule has 3 amide bonds. The number of carbonyl (C=O) groups excluding carboxylic acids is 3. The third kappa shape index (κ3) is 3.68. The summed E-state index contributed by atoms with van der Waals surface area (Å²) in [7, 11) is 0. The molecule has 2 aliphatic heterocycles. The fourth-order valence-corrected chi connectivity index (χ4v) is 4.18. The molecule has 1 fully saturated rings. The second-order valence-corrected chi connectivity index (χ2v) is 7.67. The van der Waals surface area contributed by atoms with Crippen molar-refractivity contribution in [1.82, 2.24) is 9.80 Å². The zero-order valence-electron chi connectivity index (χ0n) is 16.3. The van der Waals surface area contributed by atoms with E-state index in [4.69, 9.17) is 0 Å². The van der Waals surface area contributed by atoms with Crippen molar-refractivity contribution in [2.24, 2.45) is 5.92 Å². The lowest BCUT2D eigenvalue weighted by atomic mass is 9.90. The number of likely N-dealkylation sites (tertiary alicyclic amines) is 1. The highest BCUT2D eigenvalue weighted by Gasteiger charge is 2.42. The van der Waals surface area contributed by atoms with Gasteiger partial charge in [0.1, 0.15) is 12.1 Å². The van der Waals surface area contributed by atoms with Crippen LogP contribution in [0.1, 0.15) is 39.1 Å². The van der Waals surface area contributed by atoms with E-state index in [0.717, 1.165) is 24.2 Å². The van der Waals surface area contributed by atoms with E-state index in [1.807, 2.05) is 18.2 Å². The molecule has 8 heteroatoms. The number of benzene rings is 2. The summed E-state index contributed by atoms with van der Waals surface area (Å²) in [6.07, 6.45) is 2.67. The molecule has 8 nitrogen and oxygen atoms in total. The summed E-state index contributed by atoms with van der Waals surface area (Å²) < 4.78 is 0. The SMILES string of the molecule is O=C(CN1C(=O)c2cccc([N+](=O)[O-])c2C1=O)N1CCC(Cc2ccccc2)CC1. The molecule has 0 saturated carbocycles. The maximum Gasteiger partial charge on any atom is 0.282 e. The van der Waals surface area contributed by atoms with Crippen molar-refractivity contribution in [3.8, 4) is 0 Å². The van der Waals surface area contributed by atoms with E-state index in [1.165, 1.54) is 23.8 Å². The molecule has 2 aliphatic rings. The van der Waals surface area contributed by atoms with Gasteiger partial charge in [0, 0.05) is 19.2 Å². The fraction of sp³-hybridized carbons (Fsp3) is 0.318. The molecule has 0 radical (unpaired) electrons. The van der Waals surface area contributed by atoms with Crippen molar-refractivity contribution >= 4 is 23.4 Å². The first-order chi connectivity index (χ1) is 14.5. The summed E-state index contributed by atoms with van der Waals surface area (Å²) in [5.41, 5.74) is 0.600. The largest absolute Gasteiger partial charge is 0.341 e. The van der Waals surface area contributed by atoms with Gasteiger partial charge in [-0.25, -0.2) is 0 Å². The molecule has 0 atom stereocenters. The van der Waals surface area contributed by atoms with Crippen LogP contribution in [0.3, 0.4) is 0 Å². The first-order valence-corrected chi connectivity index (χ1v) is 9.91. The van der Waals surface area contributed by atoms with E-state index in [9.17, 15) is 24.5 Å². The monoisotopic (exact) mass is 407 g/mol. The van der Waals surface area contributed by atoms with Gasteiger partial charge in [-0.15, -0.1) is 0 Å². The molecule has 4 rings (SSSR count). The van der Waals surface area contributed by atoms with Gasteiger partial charge >= 0.3 is 0 Å². The highest BCUT2D eigenvalue weighted by atomic mass is 16.6. The Morgan fingerprint density at radius 3 is 2.37 bits per heavy atom. The molecule has 0 aromatic heterocycles. The molecule has 2 aromatic carbocycles. The summed E-state index contributed by atoms with van der Waals surface area (Å²) in [5, 5.41) is 11.2. The number of carbonyl (C=O) groups is 3. The van der Waals surface area contributed by atoms with Gasteiger partial charge in [-0.05, 0) is 36.8 Å². The minimum Gasteiger partial charge on any atom is -0.341 e. The third-order valence-corrected chi connectivity index (χ3v) is 5.80. The number of hydrogen-bond acceptors (Lipinski definition) is 5. The van der Waals surface area contributed by atoms with Gasteiger partial charge in [-0.2, -0.15) is 0 Å². The molecular formula is C22H21N3O5. The van der Waals surface area contributed by atoms with Gasteiger partial charge in [-0.1, -0.05) is 36.4 Å². The lowest BCUT2D eigenvalue weighted by molar-refractivity contribution is -0.385. The van der Waals surface area contributed by atoms with Crippen molar-refractivity contribution in [3.63, 3.8) is 0 Å². The van der Waals surface area contributed by atoms with Gasteiger partial charge in [0.05, 0.1) is 10.5 Å². The van der Waals surface area contributed by atoms with Crippen molar-refractivity contribution in [2.45, 2.75) is 19.3 Å². The molecule has 1 saturated heterocycles. The number of fused-ring (bicyclic) bond motifs is 1. The smallest absolute Gasteiger partial charge is 0.282 e. The Kier molecular flexibility index (Phi) is 5.31. The van der Waals surface area contributed by atoms with Crippen LogP contribution >= 0.6 is 0 Å². The first-order valence-electron chi connectivity index (χ1n) is 9.91. The lowest BCUT2D eigenvalue weighted by Crippen LogP contribution is -2.45. The predicted molar refractivity (Wildman–Crippen MR) is 108 cm³/mol. The highest BCUT2D eigenvalue weighted by molar-refractivity contribution is 6.24. The average Bonchev–Trinajstić information content (AvgIpc) is 3.00. The number of amides is 3. The van der Waals surface area contributed by atoms with Crippen LogP contribution in [0.15, 0.2) is 48.5 Å². The summed E-state index contributed by atoms with van der Waals surface area (Å²) >= 11 is 0. The number of nitro benzene ring substituents is 1. The quantitative estimate of drug-likeness (QED) is 0.431. The maximum absolute atomic E-state index is 12.7. The third-order valence-electron chi connectivity index (χ3n) is 5.80. The molecule has 0 bridgehead atoms. The van der Waals surface area contributed by atoms with Crippen LogP contribution in [0.5, 0.6) is 0 Å². The Bertz CT molecular complexity index is 1010. The van der Waals surface area contributed by atoms with Crippen molar-refractivity contribution < 1.29 is 19.3 Å². The molecule has 0 unspecified atom stereocenters. The molecule has 0 N–H and O–H groups in total. The zero-order chi connectivity index (χ0) is 21.3. The summed E-state index contributed by atoms with van der Waals surface area (Å²) in [6.45, 7) is 0.742. The Morgan fingerprint density at radius 1 is 1.00 bits per heavy atom. The van der Waals surface area contributed by atoms with Crippen LogP contribution in [0.4, 0.5) is 5.69 Å². The minimum atomic E-state index is -0.783. The maximum atomic E-state index is 12.7. The van der Waals surface area contributed by atoms with Crippen LogP contribution in [0.2, 0.25) is 0 Å². The summed E-state index contributed by atoms with van der Waals surface area (Å²) in [5.74, 6) is -1.27. The van der Waals surface area contributed by atoms with E-state index in [1.54, 1.807) is 4.90 Å². The van der Waals surface area contributed by atoms with Gasteiger partial charge in [-0.3, -0.25) is 29.4 Å². The van der Waals surface area contributed by atoms with E-state index in [0.29, 0.717) is 19.0 Å². The lowest BCUT2D eigenvalue weighted by Gasteiger charge is -2.33. The number of nitrogens with zero attached hydrogens (tertiary/aromatic N) is 3. The second-order valence-electron chi connectivity index (χ2n) is 7.67. The molecule has 154 valence electrons. The van der Waals surface area contributed by atoms with Crippen molar-refractivity contribution in [2.75, 3.05) is 19.6 Å². The average molecular weight is 407 g/mol. The van der Waals surface area contributed by atoms with Crippen LogP contribution < -0.4 is 0 Å². The van der Waals surface area contributed by atoms with Gasteiger partial charge in [0.15, 0.2) is 0 Å². The predicted octanol–water partition coefficient (Wildman–Crippen LogP) is 2.67. The Hall–Kier alpha value is -3.55. The van der Waals surface area contributed by atoms with Gasteiger partial charge in [0.25, 0.3) is 17.5 Å². The first kappa shape index (κ1) is 19.8. The number of nitro groups is 1. The second kappa shape index (κ2) is 8.06. The van der Waals surface area contributed by atoms with E-state index >= 15 is 0 Å². The zero-order valence-corrected chi connectivity index (χ0v) is 16.3. The Morgan fingerprint density at radius 2 is 1.70 bits per heavy atom. The van der Waals surface area contributed by atoms with Crippen LogP contribution in [0.25, 0.3) is 0 Å². The highest BCUT2D eigenvalue weighted by Crippen LogP contribution is 2.31. The molecule has 2 heterocycles. The number of imide groups is 1. The van der Waals surface area contributed by atoms with Crippen LogP contribution in [-0.4, -0.2) is 52.1 Å². The van der Waals surface area contributed by atoms with Gasteiger partial charge in [0.2, 0.25) is 5.91 Å². The Balaban J connectivity index is 1.38. The topological polar surface area (TPSA) is 101 Å². The van der Waals surface area contributed by atoms with Crippen LogP contribution in [0, 0.1) is 16.0 Å². The van der Waals surface area contributed by atoms with Crippen LogP contribution in [-0.2, 0) is 11.2 Å². The fourth-order valence-electron chi connectivity index (χ4n) is 4.18. The number of hydrogen-bond donors (Lipinski definition) is 0. The van der Waals surface area contributed by atoms with Gasteiger partial charge < -0.3 is 4.90 Å². The summed E-state index contributed by atoms with van der Waals surface area (Å²) in [6, 6.07) is 14.1. The normalized spacial score (nSPS) is 16.7. The van der Waals surface area contributed by atoms with Crippen molar-refractivity contribution in [1.29, 1.82) is 0 Å². The number of piperidine rings is 1. The molecular weight excluding hydrogens is 386 g/mol. The molecule has 2 aromatic rings. The number of rotatable bonds is 5. The molecule has 0 spiro atoms. The van der Waals surface area contributed by atoms with Crippen molar-refractivity contribution in [3.05, 3.63) is 75.3 Å². The standard InChI is InChI=1S/C22H21N3O5/c26-19(23-11-9-16(10-12-23)13-15-5-2-1-3-6-15)14-24-21(27)17-7-4-8-18(25(29)30)20(17)22(24)28/h1-8,16H,9-14H2. The molecule has 30 heavy (non-hydrogen) atoms. The van der Waals surface area contributed by atoms with E-state index in [2.05, 4.69) is 12.1 Å². The van der Waals surface area contributed by atoms with E-state index in [-0.39, 0.29) is 17.0 Å². The van der Waals surface area contributed by atoms with E-state index < -0.39 is 29.0 Å². The minimum absolute atomic E-state index is 0.0245.